The van der Waals surface area contributed by atoms with Gasteiger partial charge in [0, 0.05) is 23.7 Å². The van der Waals surface area contributed by atoms with Crippen molar-refractivity contribution >= 4 is 21.4 Å². The highest BCUT2D eigenvalue weighted by Crippen LogP contribution is 2.27. The Bertz CT molecular complexity index is 1170. The highest BCUT2D eigenvalue weighted by molar-refractivity contribution is 7.91. The molecule has 0 fully saturated rings. The molecule has 1 N–H and O–H groups in total. The summed E-state index contributed by atoms with van der Waals surface area (Å²) in [6.07, 6.45) is -0.218. The fourth-order valence-corrected chi connectivity index (χ4v) is 4.44. The lowest BCUT2D eigenvalue weighted by Crippen LogP contribution is -2.18. The zero-order chi connectivity index (χ0) is 21.2. The van der Waals surface area contributed by atoms with E-state index >= 15 is 0 Å². The zero-order valence-corrected chi connectivity index (χ0v) is 17.1. The Balaban J connectivity index is 1.74. The van der Waals surface area contributed by atoms with E-state index in [1.165, 1.54) is 24.3 Å². The van der Waals surface area contributed by atoms with E-state index in [1.807, 2.05) is 0 Å². The fourth-order valence-electron chi connectivity index (χ4n) is 2.91. The highest BCUT2D eigenvalue weighted by atomic mass is 32.2. The predicted octanol–water partition coefficient (Wildman–Crippen LogP) is 4.21. The van der Waals surface area contributed by atoms with Crippen LogP contribution in [0.4, 0.5) is 10.1 Å². The monoisotopic (exact) mass is 416 g/mol. The number of benzene rings is 2. The highest BCUT2D eigenvalue weighted by Gasteiger charge is 2.20. The van der Waals surface area contributed by atoms with Gasteiger partial charge in [-0.05, 0) is 56.2 Å². The number of hydrogen-bond acceptors (Lipinski definition) is 5. The van der Waals surface area contributed by atoms with Crippen molar-refractivity contribution in [2.75, 3.05) is 11.1 Å². The van der Waals surface area contributed by atoms with Crippen LogP contribution >= 0.6 is 0 Å². The number of carbonyl (C=O) groups is 1. The molecule has 0 spiro atoms. The van der Waals surface area contributed by atoms with Crippen molar-refractivity contribution < 1.29 is 22.1 Å². The number of nitrogens with zero attached hydrogens (tertiary/aromatic N) is 1. The number of sulfone groups is 1. The number of amides is 1. The molecule has 0 unspecified atom stereocenters. The largest absolute Gasteiger partial charge is 0.356 e. The van der Waals surface area contributed by atoms with Crippen molar-refractivity contribution in [3.63, 3.8) is 0 Å². The molecule has 1 aromatic heterocycles. The summed E-state index contributed by atoms with van der Waals surface area (Å²) in [7, 11) is -3.70. The van der Waals surface area contributed by atoms with Gasteiger partial charge in [-0.1, -0.05) is 17.3 Å². The average Bonchev–Trinajstić information content (AvgIpc) is 3.09. The summed E-state index contributed by atoms with van der Waals surface area (Å²) in [6.45, 7) is 5.14. The molecular weight excluding hydrogens is 395 g/mol. The Morgan fingerprint density at radius 2 is 1.83 bits per heavy atom. The third-order valence-corrected chi connectivity index (χ3v) is 6.35. The Labute approximate surface area is 168 Å². The summed E-state index contributed by atoms with van der Waals surface area (Å²) in [5.41, 5.74) is 2.89. The number of rotatable bonds is 6. The number of aryl methyl sites for hydroxylation is 3. The van der Waals surface area contributed by atoms with Gasteiger partial charge in [-0.25, -0.2) is 12.8 Å². The molecule has 0 saturated carbocycles. The van der Waals surface area contributed by atoms with E-state index in [4.69, 9.17) is 4.52 Å². The molecule has 0 bridgehead atoms. The summed E-state index contributed by atoms with van der Waals surface area (Å²) in [5.74, 6) is -0.731. The van der Waals surface area contributed by atoms with Crippen LogP contribution in [-0.4, -0.2) is 25.2 Å². The lowest BCUT2D eigenvalue weighted by Gasteiger charge is -2.11. The summed E-state index contributed by atoms with van der Waals surface area (Å²) < 4.78 is 44.0. The molecule has 29 heavy (non-hydrogen) atoms. The number of hydrogen-bond donors (Lipinski definition) is 1. The van der Waals surface area contributed by atoms with Gasteiger partial charge in [0.1, 0.15) is 5.82 Å². The first-order valence-electron chi connectivity index (χ1n) is 8.99. The number of nitrogens with one attached hydrogen (secondary N) is 1. The lowest BCUT2D eigenvalue weighted by molar-refractivity contribution is -0.115. The van der Waals surface area contributed by atoms with Crippen LogP contribution in [0.15, 0.2) is 51.9 Å². The van der Waals surface area contributed by atoms with Gasteiger partial charge in [0.05, 0.1) is 16.3 Å². The molecule has 3 rings (SSSR count). The summed E-state index contributed by atoms with van der Waals surface area (Å²) in [4.78, 5) is 12.4. The van der Waals surface area contributed by atoms with Crippen LogP contribution in [0.3, 0.4) is 0 Å². The predicted molar refractivity (Wildman–Crippen MR) is 108 cm³/mol. The minimum atomic E-state index is -3.70. The van der Waals surface area contributed by atoms with E-state index in [0.29, 0.717) is 33.8 Å². The van der Waals surface area contributed by atoms with Gasteiger partial charge in [-0.3, -0.25) is 4.79 Å². The second-order valence-corrected chi connectivity index (χ2v) is 8.97. The first kappa shape index (κ1) is 20.7. The number of aromatic nitrogens is 1. The molecule has 6 nitrogen and oxygen atoms in total. The van der Waals surface area contributed by atoms with Crippen LogP contribution in [0.2, 0.25) is 0 Å². The topological polar surface area (TPSA) is 89.3 Å². The van der Waals surface area contributed by atoms with Crippen LogP contribution in [0.1, 0.15) is 23.2 Å². The lowest BCUT2D eigenvalue weighted by atomic mass is 10.1. The summed E-state index contributed by atoms with van der Waals surface area (Å²) in [5, 5.41) is 6.44. The van der Waals surface area contributed by atoms with E-state index in [0.717, 1.165) is 0 Å². The minimum absolute atomic E-state index is 0.148. The van der Waals surface area contributed by atoms with Crippen LogP contribution in [0.5, 0.6) is 0 Å². The first-order chi connectivity index (χ1) is 13.7. The Hall–Kier alpha value is -3.00. The quantitative estimate of drug-likeness (QED) is 0.650. The number of carbonyl (C=O) groups excluding carboxylic acids is 1. The number of anilines is 1. The van der Waals surface area contributed by atoms with Crippen LogP contribution < -0.4 is 5.32 Å². The minimum Gasteiger partial charge on any atom is -0.356 e. The molecule has 0 radical (unpaired) electrons. The van der Waals surface area contributed by atoms with Gasteiger partial charge in [-0.15, -0.1) is 0 Å². The van der Waals surface area contributed by atoms with Gasteiger partial charge >= 0.3 is 0 Å². The molecule has 0 aliphatic heterocycles. The molecule has 1 amide bonds. The van der Waals surface area contributed by atoms with Crippen molar-refractivity contribution in [2.45, 2.75) is 32.1 Å². The summed E-state index contributed by atoms with van der Waals surface area (Å²) >= 11 is 0. The van der Waals surface area contributed by atoms with Crippen LogP contribution in [-0.2, 0) is 14.6 Å². The molecule has 8 heteroatoms. The Morgan fingerprint density at radius 1 is 1.07 bits per heavy atom. The van der Waals surface area contributed by atoms with Crippen LogP contribution in [0.25, 0.3) is 11.3 Å². The molecule has 2 aromatic carbocycles. The van der Waals surface area contributed by atoms with E-state index in [1.54, 1.807) is 39.0 Å². The molecule has 3 aromatic rings. The molecule has 0 aliphatic carbocycles. The third kappa shape index (κ3) is 4.89. The van der Waals surface area contributed by atoms with Crippen LogP contribution in [0, 0.1) is 26.6 Å². The summed E-state index contributed by atoms with van der Waals surface area (Å²) in [6, 6.07) is 10.7. The maximum atomic E-state index is 13.2. The fraction of sp³-hybridized carbons (Fsp3) is 0.238. The Morgan fingerprint density at radius 3 is 2.48 bits per heavy atom. The van der Waals surface area contributed by atoms with E-state index in [-0.39, 0.29) is 17.1 Å². The van der Waals surface area contributed by atoms with Crippen molar-refractivity contribution in [2.24, 2.45) is 0 Å². The van der Waals surface area contributed by atoms with Crippen molar-refractivity contribution in [1.82, 2.24) is 5.16 Å². The van der Waals surface area contributed by atoms with E-state index in [9.17, 15) is 17.6 Å². The SMILES string of the molecule is Cc1cc(-c2ccc(C)c(S(=O)(=O)CCC(=O)Nc3ccc(F)cc3C)c2)on1. The molecule has 0 aliphatic rings. The second kappa shape index (κ2) is 8.16. The van der Waals surface area contributed by atoms with Gasteiger partial charge < -0.3 is 9.84 Å². The van der Waals surface area contributed by atoms with E-state index < -0.39 is 21.6 Å². The molecular formula is C21H21FN2O4S. The van der Waals surface area contributed by atoms with Crippen molar-refractivity contribution in [3.8, 4) is 11.3 Å². The molecule has 0 atom stereocenters. The van der Waals surface area contributed by atoms with Gasteiger partial charge in [0.2, 0.25) is 5.91 Å². The standard InChI is InChI=1S/C21H21FN2O4S/c1-13-4-5-16(19-11-15(3)24-28-19)12-20(13)29(26,27)9-8-21(25)23-18-7-6-17(22)10-14(18)2/h4-7,10-12H,8-9H2,1-3H3,(H,23,25). The van der Waals surface area contributed by atoms with Gasteiger partial charge in [0.15, 0.2) is 15.6 Å². The maximum Gasteiger partial charge on any atom is 0.225 e. The maximum absolute atomic E-state index is 13.2. The zero-order valence-electron chi connectivity index (χ0n) is 16.3. The number of halogens is 1. The molecule has 1 heterocycles. The van der Waals surface area contributed by atoms with Crippen molar-refractivity contribution in [1.29, 1.82) is 0 Å². The van der Waals surface area contributed by atoms with Crippen molar-refractivity contribution in [3.05, 3.63) is 65.1 Å². The van der Waals surface area contributed by atoms with E-state index in [2.05, 4.69) is 10.5 Å². The normalized spacial score (nSPS) is 11.4. The smallest absolute Gasteiger partial charge is 0.225 e. The molecule has 0 saturated heterocycles. The van der Waals surface area contributed by atoms with Gasteiger partial charge in [-0.2, -0.15) is 0 Å². The Kier molecular flexibility index (Phi) is 5.83. The first-order valence-corrected chi connectivity index (χ1v) is 10.6. The average molecular weight is 416 g/mol. The molecule has 152 valence electrons. The van der Waals surface area contributed by atoms with Gasteiger partial charge in [0.25, 0.3) is 0 Å². The second-order valence-electron chi connectivity index (χ2n) is 6.89. The third-order valence-electron chi connectivity index (χ3n) is 4.50.